The summed E-state index contributed by atoms with van der Waals surface area (Å²) in [6, 6.07) is 12.5. The summed E-state index contributed by atoms with van der Waals surface area (Å²) in [4.78, 5) is 0. The molecule has 2 aromatic rings. The molecule has 0 aliphatic rings. The number of hydrogen-bond donors (Lipinski definition) is 1. The fourth-order valence-corrected chi connectivity index (χ4v) is 2.57. The van der Waals surface area contributed by atoms with Crippen molar-refractivity contribution in [3.63, 3.8) is 0 Å². The SMILES string of the molecule is CCNC(c1ccnn1CC)C(OC)c1ccccc1. The van der Waals surface area contributed by atoms with Crippen molar-refractivity contribution in [2.45, 2.75) is 32.5 Å². The Morgan fingerprint density at radius 3 is 2.55 bits per heavy atom. The molecule has 0 spiro atoms. The average Bonchev–Trinajstić information content (AvgIpc) is 2.96. The molecule has 4 heteroatoms. The van der Waals surface area contributed by atoms with Gasteiger partial charge in [-0.25, -0.2) is 0 Å². The summed E-state index contributed by atoms with van der Waals surface area (Å²) in [5.41, 5.74) is 2.33. The van der Waals surface area contributed by atoms with Gasteiger partial charge in [0.05, 0.1) is 11.7 Å². The molecule has 1 aromatic carbocycles. The third-order valence-electron chi connectivity index (χ3n) is 3.48. The normalized spacial score (nSPS) is 14.2. The molecule has 0 aliphatic heterocycles. The minimum Gasteiger partial charge on any atom is -0.375 e. The summed E-state index contributed by atoms with van der Waals surface area (Å²) in [6.07, 6.45) is 1.82. The van der Waals surface area contributed by atoms with Crippen molar-refractivity contribution in [3.8, 4) is 0 Å². The molecule has 0 bridgehead atoms. The Bertz CT molecular complexity index is 509. The molecule has 0 radical (unpaired) electrons. The number of aromatic nitrogens is 2. The zero-order valence-corrected chi connectivity index (χ0v) is 12.4. The van der Waals surface area contributed by atoms with E-state index >= 15 is 0 Å². The minimum atomic E-state index is -0.0295. The van der Waals surface area contributed by atoms with Crippen molar-refractivity contribution in [3.05, 3.63) is 53.9 Å². The summed E-state index contributed by atoms with van der Waals surface area (Å²) in [5, 5.41) is 7.89. The first-order valence-corrected chi connectivity index (χ1v) is 7.14. The molecule has 2 rings (SSSR count). The van der Waals surface area contributed by atoms with E-state index in [1.165, 1.54) is 5.56 Å². The number of likely N-dealkylation sites (N-methyl/N-ethyl adjacent to an activating group) is 1. The van der Waals surface area contributed by atoms with Crippen molar-refractivity contribution in [1.29, 1.82) is 0 Å². The smallest absolute Gasteiger partial charge is 0.103 e. The third kappa shape index (κ3) is 3.08. The maximum atomic E-state index is 5.77. The maximum absolute atomic E-state index is 5.77. The molecule has 1 N–H and O–H groups in total. The number of aryl methyl sites for hydroxylation is 1. The Hall–Kier alpha value is -1.65. The predicted octanol–water partition coefficient (Wildman–Crippen LogP) is 2.94. The van der Waals surface area contributed by atoms with Gasteiger partial charge in [-0.1, -0.05) is 37.3 Å². The highest BCUT2D eigenvalue weighted by Gasteiger charge is 2.26. The van der Waals surface area contributed by atoms with Crippen LogP contribution in [0.25, 0.3) is 0 Å². The highest BCUT2D eigenvalue weighted by atomic mass is 16.5. The van der Waals surface area contributed by atoms with Gasteiger partial charge >= 0.3 is 0 Å². The largest absolute Gasteiger partial charge is 0.375 e. The Balaban J connectivity index is 2.36. The van der Waals surface area contributed by atoms with Gasteiger partial charge in [0.2, 0.25) is 0 Å². The van der Waals surface area contributed by atoms with Crippen LogP contribution in [0.15, 0.2) is 42.6 Å². The van der Waals surface area contributed by atoms with Crippen LogP contribution in [0.1, 0.15) is 37.3 Å². The second kappa shape index (κ2) is 7.22. The molecule has 0 aliphatic carbocycles. The standard InChI is InChI=1S/C16H23N3O/c1-4-17-15(14-11-12-18-19(14)5-2)16(20-3)13-9-7-6-8-10-13/h6-12,15-17H,4-5H2,1-3H3. The van der Waals surface area contributed by atoms with Crippen molar-refractivity contribution in [2.75, 3.05) is 13.7 Å². The van der Waals surface area contributed by atoms with E-state index < -0.39 is 0 Å². The van der Waals surface area contributed by atoms with Gasteiger partial charge in [0, 0.05) is 19.9 Å². The summed E-state index contributed by atoms with van der Waals surface area (Å²) in [6.45, 7) is 5.95. The van der Waals surface area contributed by atoms with Crippen LogP contribution >= 0.6 is 0 Å². The summed E-state index contributed by atoms with van der Waals surface area (Å²) >= 11 is 0. The van der Waals surface area contributed by atoms with Gasteiger partial charge in [0.15, 0.2) is 0 Å². The monoisotopic (exact) mass is 273 g/mol. The highest BCUT2D eigenvalue weighted by Crippen LogP contribution is 2.31. The van der Waals surface area contributed by atoms with E-state index in [-0.39, 0.29) is 12.1 Å². The van der Waals surface area contributed by atoms with Crippen LogP contribution in [0, 0.1) is 0 Å². The molecule has 1 heterocycles. The van der Waals surface area contributed by atoms with Crippen molar-refractivity contribution >= 4 is 0 Å². The predicted molar refractivity (Wildman–Crippen MR) is 80.5 cm³/mol. The van der Waals surface area contributed by atoms with E-state index in [0.29, 0.717) is 0 Å². The first-order chi connectivity index (χ1) is 9.81. The molecule has 4 nitrogen and oxygen atoms in total. The van der Waals surface area contributed by atoms with Gasteiger partial charge in [-0.15, -0.1) is 0 Å². The van der Waals surface area contributed by atoms with Crippen LogP contribution in [0.5, 0.6) is 0 Å². The van der Waals surface area contributed by atoms with Crippen molar-refractivity contribution in [1.82, 2.24) is 15.1 Å². The van der Waals surface area contributed by atoms with E-state index in [4.69, 9.17) is 4.74 Å². The molecule has 0 saturated heterocycles. The minimum absolute atomic E-state index is 0.0295. The lowest BCUT2D eigenvalue weighted by molar-refractivity contribution is 0.0652. The van der Waals surface area contributed by atoms with Crippen LogP contribution in [0.2, 0.25) is 0 Å². The lowest BCUT2D eigenvalue weighted by Crippen LogP contribution is -2.30. The zero-order valence-electron chi connectivity index (χ0n) is 12.4. The first-order valence-electron chi connectivity index (χ1n) is 7.14. The third-order valence-corrected chi connectivity index (χ3v) is 3.48. The van der Waals surface area contributed by atoms with Crippen LogP contribution < -0.4 is 5.32 Å². The second-order valence-electron chi connectivity index (χ2n) is 4.67. The van der Waals surface area contributed by atoms with E-state index in [1.807, 2.05) is 29.1 Å². The number of methoxy groups -OCH3 is 1. The average molecular weight is 273 g/mol. The molecule has 1 aromatic heterocycles. The first kappa shape index (κ1) is 14.8. The Labute approximate surface area is 120 Å². The summed E-state index contributed by atoms with van der Waals surface area (Å²) in [7, 11) is 1.76. The number of nitrogens with zero attached hydrogens (tertiary/aromatic N) is 2. The fourth-order valence-electron chi connectivity index (χ4n) is 2.57. The fraction of sp³-hybridized carbons (Fsp3) is 0.438. The highest BCUT2D eigenvalue weighted by molar-refractivity contribution is 5.22. The van der Waals surface area contributed by atoms with E-state index in [2.05, 4.69) is 42.5 Å². The van der Waals surface area contributed by atoms with E-state index in [1.54, 1.807) is 7.11 Å². The molecule has 0 amide bonds. The Morgan fingerprint density at radius 2 is 1.95 bits per heavy atom. The lowest BCUT2D eigenvalue weighted by Gasteiger charge is -2.27. The quantitative estimate of drug-likeness (QED) is 0.843. The molecule has 0 saturated carbocycles. The molecule has 20 heavy (non-hydrogen) atoms. The summed E-state index contributed by atoms with van der Waals surface area (Å²) < 4.78 is 7.79. The maximum Gasteiger partial charge on any atom is 0.103 e. The van der Waals surface area contributed by atoms with Crippen LogP contribution in [-0.4, -0.2) is 23.4 Å². The van der Waals surface area contributed by atoms with Crippen molar-refractivity contribution in [2.24, 2.45) is 0 Å². The molecule has 0 fully saturated rings. The summed E-state index contributed by atoms with van der Waals surface area (Å²) in [5.74, 6) is 0. The number of rotatable bonds is 7. The molecular weight excluding hydrogens is 250 g/mol. The molecule has 2 atom stereocenters. The van der Waals surface area contributed by atoms with Crippen LogP contribution in [-0.2, 0) is 11.3 Å². The number of nitrogens with one attached hydrogen (secondary N) is 1. The topological polar surface area (TPSA) is 39.1 Å². The zero-order chi connectivity index (χ0) is 14.4. The second-order valence-corrected chi connectivity index (χ2v) is 4.67. The van der Waals surface area contributed by atoms with E-state index in [9.17, 15) is 0 Å². The number of benzene rings is 1. The Morgan fingerprint density at radius 1 is 1.20 bits per heavy atom. The number of hydrogen-bond acceptors (Lipinski definition) is 3. The van der Waals surface area contributed by atoms with Gasteiger partial charge in [-0.3, -0.25) is 4.68 Å². The molecule has 2 unspecified atom stereocenters. The van der Waals surface area contributed by atoms with Gasteiger partial charge in [-0.05, 0) is 25.1 Å². The van der Waals surface area contributed by atoms with Gasteiger partial charge < -0.3 is 10.1 Å². The lowest BCUT2D eigenvalue weighted by atomic mass is 9.99. The van der Waals surface area contributed by atoms with Gasteiger partial charge in [0.25, 0.3) is 0 Å². The van der Waals surface area contributed by atoms with Crippen LogP contribution in [0.4, 0.5) is 0 Å². The number of ether oxygens (including phenoxy) is 1. The van der Waals surface area contributed by atoms with Crippen molar-refractivity contribution < 1.29 is 4.74 Å². The van der Waals surface area contributed by atoms with Gasteiger partial charge in [0.1, 0.15) is 6.10 Å². The van der Waals surface area contributed by atoms with Crippen LogP contribution in [0.3, 0.4) is 0 Å². The Kier molecular flexibility index (Phi) is 5.32. The molecule has 108 valence electrons. The van der Waals surface area contributed by atoms with Gasteiger partial charge in [-0.2, -0.15) is 5.10 Å². The molecular formula is C16H23N3O. The van der Waals surface area contributed by atoms with E-state index in [0.717, 1.165) is 18.8 Å².